The summed E-state index contributed by atoms with van der Waals surface area (Å²) in [5.74, 6) is -2.34. The van der Waals surface area contributed by atoms with Gasteiger partial charge in [-0.1, -0.05) is 29.9 Å². The average molecular weight is 519 g/mol. The molecule has 0 radical (unpaired) electrons. The summed E-state index contributed by atoms with van der Waals surface area (Å²) in [5.41, 5.74) is 3.44. The van der Waals surface area contributed by atoms with Gasteiger partial charge in [-0.05, 0) is 32.6 Å². The Hall–Kier alpha value is -3.36. The zero-order valence-electron chi connectivity index (χ0n) is 22.4. The monoisotopic (exact) mass is 518 g/mol. The van der Waals surface area contributed by atoms with E-state index >= 15 is 0 Å². The zero-order chi connectivity index (χ0) is 27.5. The number of hydrogen-bond acceptors (Lipinski definition) is 9. The first-order valence-corrected chi connectivity index (χ1v) is 12.5. The first kappa shape index (κ1) is 29.9. The predicted molar refractivity (Wildman–Crippen MR) is 135 cm³/mol. The molecule has 0 spiro atoms. The normalized spacial score (nSPS) is 23.6. The van der Waals surface area contributed by atoms with Gasteiger partial charge in [0.25, 0.3) is 0 Å². The number of hydrogen-bond donors (Lipinski definition) is 0. The van der Waals surface area contributed by atoms with Gasteiger partial charge in [0.2, 0.25) is 6.29 Å². The zero-order valence-corrected chi connectivity index (χ0v) is 22.4. The summed E-state index contributed by atoms with van der Waals surface area (Å²) < 4.78 is 27.3. The molecule has 2 aliphatic rings. The van der Waals surface area contributed by atoms with Gasteiger partial charge < -0.3 is 23.7 Å². The molecule has 4 atom stereocenters. The Balaban J connectivity index is 2.43. The third kappa shape index (κ3) is 9.90. The molecule has 0 N–H and O–H groups in total. The number of fused-ring (bicyclic) bond motifs is 1. The van der Waals surface area contributed by atoms with Crippen molar-refractivity contribution < 1.29 is 42.9 Å². The molecule has 37 heavy (non-hydrogen) atoms. The van der Waals surface area contributed by atoms with Crippen LogP contribution in [0, 0.1) is 11.8 Å². The van der Waals surface area contributed by atoms with Gasteiger partial charge in [-0.25, -0.2) is 0 Å². The van der Waals surface area contributed by atoms with Crippen molar-refractivity contribution in [2.75, 3.05) is 13.2 Å². The van der Waals surface area contributed by atoms with Gasteiger partial charge in [0.05, 0.1) is 12.2 Å². The Bertz CT molecular complexity index is 952. The van der Waals surface area contributed by atoms with Crippen LogP contribution in [0.4, 0.5) is 0 Å². The molecule has 9 heteroatoms. The molecule has 0 fully saturated rings. The van der Waals surface area contributed by atoms with Gasteiger partial charge in [0.1, 0.15) is 19.3 Å². The van der Waals surface area contributed by atoms with Gasteiger partial charge >= 0.3 is 23.9 Å². The van der Waals surface area contributed by atoms with E-state index in [9.17, 15) is 19.2 Å². The van der Waals surface area contributed by atoms with Crippen LogP contribution in [0.2, 0.25) is 0 Å². The van der Waals surface area contributed by atoms with Gasteiger partial charge in [-0.3, -0.25) is 19.2 Å². The van der Waals surface area contributed by atoms with Crippen LogP contribution in [0.3, 0.4) is 0 Å². The van der Waals surface area contributed by atoms with E-state index in [0.29, 0.717) is 18.4 Å². The first-order chi connectivity index (χ1) is 17.5. The highest BCUT2D eigenvalue weighted by Gasteiger charge is 2.42. The fourth-order valence-electron chi connectivity index (χ4n) is 4.55. The first-order valence-electron chi connectivity index (χ1n) is 12.5. The molecule has 0 aromatic rings. The van der Waals surface area contributed by atoms with Crippen LogP contribution in [0.15, 0.2) is 47.3 Å². The quantitative estimate of drug-likeness (QED) is 0.248. The predicted octanol–water partition coefficient (Wildman–Crippen LogP) is 4.47. The summed E-state index contributed by atoms with van der Waals surface area (Å²) in [7, 11) is 0. The minimum atomic E-state index is -0.825. The maximum Gasteiger partial charge on any atom is 0.305 e. The molecule has 1 aliphatic heterocycles. The minimum absolute atomic E-state index is 0.0632. The number of allylic oxidation sites excluding steroid dienone is 2. The van der Waals surface area contributed by atoms with Crippen molar-refractivity contribution in [1.82, 2.24) is 0 Å². The summed E-state index contributed by atoms with van der Waals surface area (Å²) in [6.45, 7) is 11.5. The Kier molecular flexibility index (Phi) is 11.6. The largest absolute Gasteiger partial charge is 0.462 e. The van der Waals surface area contributed by atoms with Gasteiger partial charge in [0.15, 0.2) is 0 Å². The highest BCUT2D eigenvalue weighted by molar-refractivity contribution is 5.67. The second kappa shape index (κ2) is 14.4. The van der Waals surface area contributed by atoms with Crippen molar-refractivity contribution >= 4 is 23.9 Å². The van der Waals surface area contributed by atoms with Crippen molar-refractivity contribution in [3.63, 3.8) is 0 Å². The smallest absolute Gasteiger partial charge is 0.305 e. The summed E-state index contributed by atoms with van der Waals surface area (Å²) in [6, 6.07) is 0. The molecule has 9 nitrogen and oxygen atoms in total. The number of rotatable bonds is 9. The van der Waals surface area contributed by atoms with Crippen LogP contribution in [0.1, 0.15) is 66.7 Å². The lowest BCUT2D eigenvalue weighted by atomic mass is 9.74. The number of carbonyl (C=O) groups is 4. The van der Waals surface area contributed by atoms with Crippen molar-refractivity contribution in [2.24, 2.45) is 11.8 Å². The van der Waals surface area contributed by atoms with Crippen LogP contribution >= 0.6 is 0 Å². The summed E-state index contributed by atoms with van der Waals surface area (Å²) >= 11 is 0. The van der Waals surface area contributed by atoms with E-state index in [-0.39, 0.29) is 31.5 Å². The van der Waals surface area contributed by atoms with Crippen molar-refractivity contribution in [1.29, 1.82) is 0 Å². The number of carbonyl (C=O) groups excluding carboxylic acids is 4. The molecule has 2 rings (SSSR count). The van der Waals surface area contributed by atoms with E-state index in [1.54, 1.807) is 6.08 Å². The Morgan fingerprint density at radius 3 is 2.24 bits per heavy atom. The van der Waals surface area contributed by atoms with Crippen LogP contribution in [-0.4, -0.2) is 49.5 Å². The fraction of sp³-hybridized carbons (Fsp3) is 0.571. The Morgan fingerprint density at radius 2 is 1.68 bits per heavy atom. The molecule has 1 aliphatic carbocycles. The van der Waals surface area contributed by atoms with Crippen molar-refractivity contribution in [3.8, 4) is 0 Å². The maximum atomic E-state index is 12.1. The lowest BCUT2D eigenvalue weighted by Gasteiger charge is -2.40. The van der Waals surface area contributed by atoms with Crippen LogP contribution in [0.25, 0.3) is 0 Å². The highest BCUT2D eigenvalue weighted by Crippen LogP contribution is 2.43. The van der Waals surface area contributed by atoms with Gasteiger partial charge in [0, 0.05) is 51.2 Å². The summed E-state index contributed by atoms with van der Waals surface area (Å²) in [5, 5.41) is 0. The molecule has 0 aromatic heterocycles. The van der Waals surface area contributed by atoms with Crippen LogP contribution in [0.5, 0.6) is 0 Å². The van der Waals surface area contributed by atoms with E-state index in [2.05, 4.69) is 19.6 Å². The minimum Gasteiger partial charge on any atom is -0.462 e. The molecule has 0 saturated carbocycles. The van der Waals surface area contributed by atoms with Crippen molar-refractivity contribution in [3.05, 3.63) is 47.3 Å². The van der Waals surface area contributed by atoms with E-state index < -0.39 is 36.3 Å². The van der Waals surface area contributed by atoms with E-state index in [0.717, 1.165) is 24.0 Å². The van der Waals surface area contributed by atoms with Gasteiger partial charge in [-0.15, -0.1) is 0 Å². The topological polar surface area (TPSA) is 114 Å². The summed E-state index contributed by atoms with van der Waals surface area (Å²) in [6.07, 6.45) is 7.22. The number of ether oxygens (including phenoxy) is 5. The highest BCUT2D eigenvalue weighted by atomic mass is 16.7. The standard InChI is InChI=1S/C28H38O9/c1-17-8-7-9-18(2)27-24(12-10-17)25(16-35-28(27)37-22(6)32)26(36-21(5)31)13-11-23(14-33-19(3)29)15-34-20(4)30/h8,11,16,24,26-28H,2,7,9-10,12-15H2,1,3-6H3/b17-8+/t24-,26+,27+,28-/m1/s1. The lowest BCUT2D eigenvalue weighted by Crippen LogP contribution is -2.41. The molecule has 204 valence electrons. The summed E-state index contributed by atoms with van der Waals surface area (Å²) in [4.78, 5) is 46.6. The van der Waals surface area contributed by atoms with Crippen LogP contribution < -0.4 is 0 Å². The second-order valence-corrected chi connectivity index (χ2v) is 9.41. The Morgan fingerprint density at radius 1 is 1.03 bits per heavy atom. The van der Waals surface area contributed by atoms with Crippen molar-refractivity contribution in [2.45, 2.75) is 79.1 Å². The van der Waals surface area contributed by atoms with E-state index in [1.165, 1.54) is 39.5 Å². The SMILES string of the molecule is C=C1CC/C=C(\C)CC[C@@H]2C([C@H](CC=C(COC(C)=O)COC(C)=O)OC(C)=O)=CO[C@H](OC(C)=O)[C@@H]12. The van der Waals surface area contributed by atoms with Crippen LogP contribution in [-0.2, 0) is 42.9 Å². The third-order valence-corrected chi connectivity index (χ3v) is 6.28. The van der Waals surface area contributed by atoms with Gasteiger partial charge in [-0.2, -0.15) is 0 Å². The lowest BCUT2D eigenvalue weighted by molar-refractivity contribution is -0.181. The third-order valence-electron chi connectivity index (χ3n) is 6.28. The Labute approximate surface area is 218 Å². The number of esters is 4. The molecule has 1 heterocycles. The molecule has 0 unspecified atom stereocenters. The molecular formula is C28H38O9. The molecular weight excluding hydrogens is 480 g/mol. The maximum absolute atomic E-state index is 12.1. The molecule has 0 amide bonds. The van der Waals surface area contributed by atoms with E-state index in [1.807, 2.05) is 0 Å². The average Bonchev–Trinajstić information content (AvgIpc) is 2.86. The van der Waals surface area contributed by atoms with E-state index in [4.69, 9.17) is 23.7 Å². The molecule has 0 aromatic carbocycles. The fourth-order valence-corrected chi connectivity index (χ4v) is 4.55. The molecule has 0 bridgehead atoms. The second-order valence-electron chi connectivity index (χ2n) is 9.41. The molecule has 0 saturated heterocycles.